The average Bonchev–Trinajstić information content (AvgIpc) is 2.91. The molecular weight excluding hydrogens is 283 g/mol. The minimum absolute atomic E-state index is 0.309. The topological polar surface area (TPSA) is 66.0 Å². The van der Waals surface area contributed by atoms with E-state index in [1.54, 1.807) is 12.1 Å². The first-order valence-electron chi connectivity index (χ1n) is 6.90. The largest absolute Gasteiger partial charge is 0.492 e. The fourth-order valence-electron chi connectivity index (χ4n) is 2.19. The molecule has 0 fully saturated rings. The smallest absolute Gasteiger partial charge is 0.156 e. The van der Waals surface area contributed by atoms with Crippen molar-refractivity contribution in [2.75, 3.05) is 12.3 Å². The minimum atomic E-state index is -0.309. The van der Waals surface area contributed by atoms with Gasteiger partial charge in [0.05, 0.1) is 6.61 Å². The van der Waals surface area contributed by atoms with Crippen LogP contribution >= 0.6 is 0 Å². The lowest BCUT2D eigenvalue weighted by molar-refractivity contribution is 0.338. The summed E-state index contributed by atoms with van der Waals surface area (Å²) in [5.74, 6) is 0.738. The van der Waals surface area contributed by atoms with E-state index >= 15 is 0 Å². The standard InChI is InChI=1S/C16H15FN4O/c1-2-22-14-6-4-3-5-13(14)21-16(18)15(19-20-21)11-7-9-12(17)10-8-11/h3-10H,2,18H2,1H3. The van der Waals surface area contributed by atoms with Gasteiger partial charge in [0.1, 0.15) is 22.9 Å². The Hall–Kier alpha value is -2.89. The molecule has 0 aliphatic rings. The Morgan fingerprint density at radius 2 is 1.86 bits per heavy atom. The van der Waals surface area contributed by atoms with Crippen LogP contribution < -0.4 is 10.5 Å². The van der Waals surface area contributed by atoms with E-state index < -0.39 is 0 Å². The van der Waals surface area contributed by atoms with Gasteiger partial charge >= 0.3 is 0 Å². The van der Waals surface area contributed by atoms with Crippen LogP contribution in [0.5, 0.6) is 5.75 Å². The number of rotatable bonds is 4. The molecule has 1 aromatic heterocycles. The Labute approximate surface area is 127 Å². The number of nitrogens with zero attached hydrogens (tertiary/aromatic N) is 3. The average molecular weight is 298 g/mol. The van der Waals surface area contributed by atoms with Crippen LogP contribution in [0.15, 0.2) is 48.5 Å². The number of hydrogen-bond acceptors (Lipinski definition) is 4. The number of para-hydroxylation sites is 2. The Morgan fingerprint density at radius 3 is 2.59 bits per heavy atom. The van der Waals surface area contributed by atoms with Crippen LogP contribution in [0.4, 0.5) is 10.2 Å². The minimum Gasteiger partial charge on any atom is -0.492 e. The van der Waals surface area contributed by atoms with Crippen molar-refractivity contribution >= 4 is 5.82 Å². The van der Waals surface area contributed by atoms with E-state index in [9.17, 15) is 4.39 Å². The lowest BCUT2D eigenvalue weighted by Crippen LogP contribution is -2.05. The second kappa shape index (κ2) is 5.85. The maximum absolute atomic E-state index is 13.0. The highest BCUT2D eigenvalue weighted by Gasteiger charge is 2.15. The highest BCUT2D eigenvalue weighted by molar-refractivity contribution is 5.71. The lowest BCUT2D eigenvalue weighted by atomic mass is 10.1. The third-order valence-electron chi connectivity index (χ3n) is 3.22. The molecule has 0 aliphatic carbocycles. The second-order valence-electron chi connectivity index (χ2n) is 4.64. The van der Waals surface area contributed by atoms with Crippen molar-refractivity contribution in [1.82, 2.24) is 15.0 Å². The van der Waals surface area contributed by atoms with Crippen LogP contribution in [0.25, 0.3) is 16.9 Å². The van der Waals surface area contributed by atoms with Crippen molar-refractivity contribution in [1.29, 1.82) is 0 Å². The molecule has 0 atom stereocenters. The zero-order valence-corrected chi connectivity index (χ0v) is 12.0. The first-order valence-corrected chi connectivity index (χ1v) is 6.90. The highest BCUT2D eigenvalue weighted by atomic mass is 19.1. The van der Waals surface area contributed by atoms with Crippen molar-refractivity contribution in [3.8, 4) is 22.7 Å². The zero-order valence-electron chi connectivity index (χ0n) is 12.0. The van der Waals surface area contributed by atoms with Crippen molar-refractivity contribution < 1.29 is 9.13 Å². The fraction of sp³-hybridized carbons (Fsp3) is 0.125. The van der Waals surface area contributed by atoms with Crippen molar-refractivity contribution in [3.05, 3.63) is 54.3 Å². The first kappa shape index (κ1) is 14.1. The second-order valence-corrected chi connectivity index (χ2v) is 4.64. The van der Waals surface area contributed by atoms with Gasteiger partial charge in [-0.1, -0.05) is 17.3 Å². The third-order valence-corrected chi connectivity index (χ3v) is 3.22. The summed E-state index contributed by atoms with van der Waals surface area (Å²) in [6.45, 7) is 2.45. The molecule has 6 heteroatoms. The van der Waals surface area contributed by atoms with E-state index in [4.69, 9.17) is 10.5 Å². The highest BCUT2D eigenvalue weighted by Crippen LogP contribution is 2.29. The molecule has 3 aromatic rings. The van der Waals surface area contributed by atoms with Gasteiger partial charge in [-0.25, -0.2) is 4.39 Å². The molecule has 0 unspecified atom stereocenters. The number of aromatic nitrogens is 3. The summed E-state index contributed by atoms with van der Waals surface area (Å²) in [6.07, 6.45) is 0. The maximum Gasteiger partial charge on any atom is 0.156 e. The molecule has 0 bridgehead atoms. The number of nitrogen functional groups attached to an aromatic ring is 1. The number of halogens is 1. The number of hydrogen-bond donors (Lipinski definition) is 1. The quantitative estimate of drug-likeness (QED) is 0.804. The molecule has 3 rings (SSSR count). The van der Waals surface area contributed by atoms with Gasteiger partial charge in [0.15, 0.2) is 5.82 Å². The van der Waals surface area contributed by atoms with Crippen LogP contribution in [0.3, 0.4) is 0 Å². The van der Waals surface area contributed by atoms with E-state index in [-0.39, 0.29) is 5.82 Å². The third kappa shape index (κ3) is 2.50. The van der Waals surface area contributed by atoms with Crippen LogP contribution in [0.1, 0.15) is 6.92 Å². The predicted octanol–water partition coefficient (Wildman–Crippen LogP) is 3.05. The molecule has 0 aliphatic heterocycles. The van der Waals surface area contributed by atoms with E-state index in [1.807, 2.05) is 31.2 Å². The summed E-state index contributed by atoms with van der Waals surface area (Å²) in [5.41, 5.74) is 8.08. The molecule has 5 nitrogen and oxygen atoms in total. The Kier molecular flexibility index (Phi) is 3.74. The Balaban J connectivity index is 2.06. The number of anilines is 1. The zero-order chi connectivity index (χ0) is 15.5. The van der Waals surface area contributed by atoms with Crippen molar-refractivity contribution in [3.63, 3.8) is 0 Å². The Morgan fingerprint density at radius 1 is 1.14 bits per heavy atom. The van der Waals surface area contributed by atoms with Gasteiger partial charge < -0.3 is 10.5 Å². The van der Waals surface area contributed by atoms with E-state index in [1.165, 1.54) is 16.8 Å². The first-order chi connectivity index (χ1) is 10.7. The monoisotopic (exact) mass is 298 g/mol. The maximum atomic E-state index is 13.0. The summed E-state index contributed by atoms with van der Waals surface area (Å²) in [5, 5.41) is 8.20. The number of nitrogens with two attached hydrogens (primary N) is 1. The van der Waals surface area contributed by atoms with E-state index in [0.29, 0.717) is 35.1 Å². The fourth-order valence-corrected chi connectivity index (χ4v) is 2.19. The molecule has 2 aromatic carbocycles. The molecule has 1 heterocycles. The molecule has 0 radical (unpaired) electrons. The summed E-state index contributed by atoms with van der Waals surface area (Å²) in [6, 6.07) is 13.4. The van der Waals surface area contributed by atoms with Crippen molar-refractivity contribution in [2.45, 2.75) is 6.92 Å². The van der Waals surface area contributed by atoms with Crippen molar-refractivity contribution in [2.24, 2.45) is 0 Å². The van der Waals surface area contributed by atoms with Gasteiger partial charge in [-0.05, 0) is 43.3 Å². The van der Waals surface area contributed by atoms with E-state index in [2.05, 4.69) is 10.3 Å². The molecule has 112 valence electrons. The Bertz CT molecular complexity index is 783. The van der Waals surface area contributed by atoms with Crippen LogP contribution in [0, 0.1) is 5.82 Å². The number of benzene rings is 2. The predicted molar refractivity (Wildman–Crippen MR) is 82.3 cm³/mol. The van der Waals surface area contributed by atoms with Gasteiger partial charge in [0.25, 0.3) is 0 Å². The summed E-state index contributed by atoms with van der Waals surface area (Å²) >= 11 is 0. The van der Waals surface area contributed by atoms with E-state index in [0.717, 1.165) is 0 Å². The van der Waals surface area contributed by atoms with Gasteiger partial charge in [-0.2, -0.15) is 4.68 Å². The van der Waals surface area contributed by atoms with Crippen LogP contribution in [-0.4, -0.2) is 21.6 Å². The molecule has 0 saturated carbocycles. The normalized spacial score (nSPS) is 10.6. The summed E-state index contributed by atoms with van der Waals surface area (Å²) in [7, 11) is 0. The van der Waals surface area contributed by atoms with Gasteiger partial charge in [-0.3, -0.25) is 0 Å². The molecule has 0 amide bonds. The molecule has 0 spiro atoms. The molecule has 0 saturated heterocycles. The SMILES string of the molecule is CCOc1ccccc1-n1nnc(-c2ccc(F)cc2)c1N. The van der Waals surface area contributed by atoms with Crippen LogP contribution in [-0.2, 0) is 0 Å². The molecule has 2 N–H and O–H groups in total. The molecular formula is C16H15FN4O. The van der Waals surface area contributed by atoms with Gasteiger partial charge in [0.2, 0.25) is 0 Å². The number of ether oxygens (including phenoxy) is 1. The summed E-state index contributed by atoms with van der Waals surface area (Å²) in [4.78, 5) is 0. The van der Waals surface area contributed by atoms with Crippen LogP contribution in [0.2, 0.25) is 0 Å². The molecule has 22 heavy (non-hydrogen) atoms. The summed E-state index contributed by atoms with van der Waals surface area (Å²) < 4.78 is 20.1. The van der Waals surface area contributed by atoms with Gasteiger partial charge in [0, 0.05) is 5.56 Å². The lowest BCUT2D eigenvalue weighted by Gasteiger charge is -2.10. The van der Waals surface area contributed by atoms with Gasteiger partial charge in [-0.15, -0.1) is 5.10 Å².